The Morgan fingerprint density at radius 2 is 1.79 bits per heavy atom. The standard InChI is InChI=1S/C21H20N4O3S/c1-2-15-8-11-18(12-9-15)29(27,28)14-17-10-13-19(26)25-21(22-17)23-20(24-25)16-6-4-3-5-7-16/h3-12H,2,13-14H2,1H3,(H,22,23,24). The fourth-order valence-corrected chi connectivity index (χ4v) is 4.40. The first-order valence-electron chi connectivity index (χ1n) is 9.30. The van der Waals surface area contributed by atoms with Gasteiger partial charge in [0, 0.05) is 17.7 Å². The van der Waals surface area contributed by atoms with Crippen LogP contribution in [-0.4, -0.2) is 34.8 Å². The summed E-state index contributed by atoms with van der Waals surface area (Å²) < 4.78 is 26.8. The van der Waals surface area contributed by atoms with Crippen molar-refractivity contribution >= 4 is 21.7 Å². The lowest BCUT2D eigenvalue weighted by atomic mass is 10.2. The number of nitrogens with zero attached hydrogens (tertiary/aromatic N) is 3. The first-order chi connectivity index (χ1) is 14.0. The van der Waals surface area contributed by atoms with Crippen molar-refractivity contribution in [1.82, 2.24) is 14.8 Å². The van der Waals surface area contributed by atoms with Gasteiger partial charge in [-0.2, -0.15) is 9.67 Å². The van der Waals surface area contributed by atoms with Gasteiger partial charge in [-0.25, -0.2) is 8.42 Å². The molecule has 7 nitrogen and oxygen atoms in total. The summed E-state index contributed by atoms with van der Waals surface area (Å²) in [6.45, 7) is 2.01. The summed E-state index contributed by atoms with van der Waals surface area (Å²) in [6, 6.07) is 16.2. The van der Waals surface area contributed by atoms with Gasteiger partial charge < -0.3 is 5.32 Å². The topological polar surface area (TPSA) is 94.0 Å². The Morgan fingerprint density at radius 1 is 1.07 bits per heavy atom. The zero-order valence-corrected chi connectivity index (χ0v) is 16.7. The molecule has 1 aliphatic heterocycles. The first-order valence-corrected chi connectivity index (χ1v) is 10.9. The Labute approximate surface area is 169 Å². The molecule has 4 rings (SSSR count). The molecule has 0 bridgehead atoms. The highest BCUT2D eigenvalue weighted by Crippen LogP contribution is 2.23. The number of anilines is 1. The molecule has 1 aliphatic rings. The van der Waals surface area contributed by atoms with Crippen LogP contribution >= 0.6 is 0 Å². The SMILES string of the molecule is CCc1ccc(S(=O)(=O)CC2=CCC(=O)n3nc(-c4ccccc4)nc3N2)cc1. The average Bonchev–Trinajstić information content (AvgIpc) is 3.10. The van der Waals surface area contributed by atoms with Crippen molar-refractivity contribution in [1.29, 1.82) is 0 Å². The van der Waals surface area contributed by atoms with Crippen molar-refractivity contribution in [3.63, 3.8) is 0 Å². The molecule has 148 valence electrons. The molecule has 0 fully saturated rings. The lowest BCUT2D eigenvalue weighted by molar-refractivity contribution is 0.0905. The summed E-state index contributed by atoms with van der Waals surface area (Å²) in [7, 11) is -3.57. The van der Waals surface area contributed by atoms with Gasteiger partial charge in [-0.3, -0.25) is 4.79 Å². The highest BCUT2D eigenvalue weighted by atomic mass is 32.2. The Bertz CT molecular complexity index is 1180. The van der Waals surface area contributed by atoms with E-state index in [-0.39, 0.29) is 28.9 Å². The molecule has 0 amide bonds. The third-order valence-electron chi connectivity index (χ3n) is 4.71. The molecule has 1 aromatic heterocycles. The average molecular weight is 408 g/mol. The Balaban J connectivity index is 1.60. The Kier molecular flexibility index (Phi) is 5.02. The minimum absolute atomic E-state index is 0.0389. The zero-order chi connectivity index (χ0) is 20.4. The van der Waals surface area contributed by atoms with E-state index in [0.717, 1.165) is 17.5 Å². The number of aromatic nitrogens is 3. The van der Waals surface area contributed by atoms with Gasteiger partial charge in [-0.1, -0.05) is 55.5 Å². The predicted molar refractivity (Wildman–Crippen MR) is 110 cm³/mol. The maximum absolute atomic E-state index is 12.8. The molecule has 0 aliphatic carbocycles. The maximum atomic E-state index is 12.8. The Hall–Kier alpha value is -3.26. The second-order valence-corrected chi connectivity index (χ2v) is 8.74. The van der Waals surface area contributed by atoms with Crippen LogP contribution in [0.2, 0.25) is 0 Å². The largest absolute Gasteiger partial charge is 0.327 e. The number of sulfone groups is 1. The molecule has 0 saturated heterocycles. The highest BCUT2D eigenvalue weighted by molar-refractivity contribution is 7.91. The highest BCUT2D eigenvalue weighted by Gasteiger charge is 2.24. The number of carbonyl (C=O) groups excluding carboxylic acids is 1. The zero-order valence-electron chi connectivity index (χ0n) is 15.9. The van der Waals surface area contributed by atoms with Crippen molar-refractivity contribution in [3.05, 3.63) is 71.9 Å². The van der Waals surface area contributed by atoms with Crippen molar-refractivity contribution in [2.24, 2.45) is 0 Å². The molecular weight excluding hydrogens is 388 g/mol. The fourth-order valence-electron chi connectivity index (χ4n) is 3.08. The van der Waals surface area contributed by atoms with E-state index in [1.165, 1.54) is 4.68 Å². The second-order valence-electron chi connectivity index (χ2n) is 6.75. The van der Waals surface area contributed by atoms with Crippen LogP contribution in [0.5, 0.6) is 0 Å². The second kappa shape index (κ2) is 7.63. The summed E-state index contributed by atoms with van der Waals surface area (Å²) in [5.74, 6) is 0.0935. The summed E-state index contributed by atoms with van der Waals surface area (Å²) in [4.78, 5) is 17.1. The van der Waals surface area contributed by atoms with Crippen molar-refractivity contribution in [2.75, 3.05) is 11.1 Å². The molecule has 0 unspecified atom stereocenters. The van der Waals surface area contributed by atoms with Gasteiger partial charge in [0.15, 0.2) is 15.7 Å². The van der Waals surface area contributed by atoms with Crippen LogP contribution in [0.3, 0.4) is 0 Å². The molecule has 0 spiro atoms. The van der Waals surface area contributed by atoms with Gasteiger partial charge in [-0.15, -0.1) is 5.10 Å². The van der Waals surface area contributed by atoms with Crippen LogP contribution in [0.1, 0.15) is 23.7 Å². The third-order valence-corrected chi connectivity index (χ3v) is 6.39. The van der Waals surface area contributed by atoms with E-state index < -0.39 is 9.84 Å². The maximum Gasteiger partial charge on any atom is 0.253 e. The lowest BCUT2D eigenvalue weighted by Gasteiger charge is -2.09. The van der Waals surface area contributed by atoms with E-state index in [4.69, 9.17) is 0 Å². The van der Waals surface area contributed by atoms with Gasteiger partial charge >= 0.3 is 0 Å². The summed E-state index contributed by atoms with van der Waals surface area (Å²) in [6.07, 6.45) is 2.46. The smallest absolute Gasteiger partial charge is 0.253 e. The van der Waals surface area contributed by atoms with Gasteiger partial charge in [0.1, 0.15) is 0 Å². The van der Waals surface area contributed by atoms with Crippen molar-refractivity contribution in [3.8, 4) is 11.4 Å². The third kappa shape index (κ3) is 3.97. The van der Waals surface area contributed by atoms with Crippen molar-refractivity contribution < 1.29 is 13.2 Å². The molecular formula is C21H20N4O3S. The fraction of sp³-hybridized carbons (Fsp3) is 0.190. The van der Waals surface area contributed by atoms with Gasteiger partial charge in [-0.05, 0) is 24.1 Å². The van der Waals surface area contributed by atoms with Crippen LogP contribution in [0.4, 0.5) is 5.95 Å². The predicted octanol–water partition coefficient (Wildman–Crippen LogP) is 3.32. The molecule has 0 atom stereocenters. The molecule has 3 aromatic rings. The lowest BCUT2D eigenvalue weighted by Crippen LogP contribution is -2.16. The minimum atomic E-state index is -3.57. The number of aryl methyl sites for hydroxylation is 1. The Morgan fingerprint density at radius 3 is 2.48 bits per heavy atom. The van der Waals surface area contributed by atoms with Crippen LogP contribution in [-0.2, 0) is 16.3 Å². The number of hydrogen-bond acceptors (Lipinski definition) is 6. The number of rotatable bonds is 5. The minimum Gasteiger partial charge on any atom is -0.327 e. The number of fused-ring (bicyclic) bond motifs is 1. The van der Waals surface area contributed by atoms with Crippen LogP contribution in [0.15, 0.2) is 71.3 Å². The van der Waals surface area contributed by atoms with E-state index in [0.29, 0.717) is 11.5 Å². The number of allylic oxidation sites excluding steroid dienone is 1. The van der Waals surface area contributed by atoms with E-state index in [1.807, 2.05) is 49.4 Å². The summed E-state index contributed by atoms with van der Waals surface area (Å²) >= 11 is 0. The van der Waals surface area contributed by atoms with Crippen LogP contribution < -0.4 is 5.32 Å². The number of benzene rings is 2. The van der Waals surface area contributed by atoms with E-state index in [1.54, 1.807) is 18.2 Å². The number of hydrogen-bond donors (Lipinski definition) is 1. The van der Waals surface area contributed by atoms with Gasteiger partial charge in [0.05, 0.1) is 10.6 Å². The van der Waals surface area contributed by atoms with E-state index in [9.17, 15) is 13.2 Å². The molecule has 0 saturated carbocycles. The summed E-state index contributed by atoms with van der Waals surface area (Å²) in [5, 5.41) is 7.26. The molecule has 0 radical (unpaired) electrons. The van der Waals surface area contributed by atoms with E-state index >= 15 is 0 Å². The molecule has 8 heteroatoms. The number of carbonyl (C=O) groups is 1. The first kappa shape index (κ1) is 19.1. The number of nitrogens with one attached hydrogen (secondary N) is 1. The van der Waals surface area contributed by atoms with Gasteiger partial charge in [0.2, 0.25) is 5.95 Å². The quantitative estimate of drug-likeness (QED) is 0.696. The van der Waals surface area contributed by atoms with E-state index in [2.05, 4.69) is 15.4 Å². The molecule has 29 heavy (non-hydrogen) atoms. The normalized spacial score (nSPS) is 14.0. The molecule has 2 aromatic carbocycles. The monoisotopic (exact) mass is 408 g/mol. The molecule has 1 N–H and O–H groups in total. The summed E-state index contributed by atoms with van der Waals surface area (Å²) in [5.41, 5.74) is 2.25. The van der Waals surface area contributed by atoms with Crippen molar-refractivity contribution in [2.45, 2.75) is 24.7 Å². The van der Waals surface area contributed by atoms with Gasteiger partial charge in [0.25, 0.3) is 5.91 Å². The molecule has 2 heterocycles. The van der Waals surface area contributed by atoms with Crippen LogP contribution in [0.25, 0.3) is 11.4 Å². The van der Waals surface area contributed by atoms with Crippen LogP contribution in [0, 0.1) is 0 Å².